The van der Waals surface area contributed by atoms with Gasteiger partial charge in [-0.2, -0.15) is 0 Å². The lowest BCUT2D eigenvalue weighted by Crippen LogP contribution is -1.90. The summed E-state index contributed by atoms with van der Waals surface area (Å²) in [6.45, 7) is 0. The lowest BCUT2D eigenvalue weighted by Gasteiger charge is -2.04. The summed E-state index contributed by atoms with van der Waals surface area (Å²) in [7, 11) is 0. The maximum absolute atomic E-state index is 10.2. The molecule has 0 aliphatic rings. The van der Waals surface area contributed by atoms with E-state index in [4.69, 9.17) is 22.4 Å². The van der Waals surface area contributed by atoms with Crippen LogP contribution in [0.4, 0.5) is 5.69 Å². The molecule has 1 aromatic rings. The summed E-state index contributed by atoms with van der Waals surface area (Å²) in [5.41, 5.74) is 6.33. The molecule has 0 aliphatic carbocycles. The molecule has 0 saturated carbocycles. The lowest BCUT2D eigenvalue weighted by molar-refractivity contribution is -0.131. The van der Waals surface area contributed by atoms with Gasteiger partial charge < -0.3 is 10.8 Å². The zero-order valence-electron chi connectivity index (χ0n) is 7.81. The van der Waals surface area contributed by atoms with Gasteiger partial charge in [-0.3, -0.25) is 0 Å². The van der Waals surface area contributed by atoms with Gasteiger partial charge in [0.2, 0.25) is 0 Å². The fraction of sp³-hybridized carbons (Fsp3) is 0.100. The molecule has 0 aromatic heterocycles. The van der Waals surface area contributed by atoms with E-state index in [2.05, 4.69) is 0 Å². The molecule has 0 fully saturated rings. The number of halogens is 1. The van der Waals surface area contributed by atoms with Crippen LogP contribution in [0.3, 0.4) is 0 Å². The molecule has 0 heterocycles. The number of hydrogen-bond donors (Lipinski definition) is 2. The Morgan fingerprint density at radius 3 is 2.93 bits per heavy atom. The highest BCUT2D eigenvalue weighted by molar-refractivity contribution is 7.99. The highest BCUT2D eigenvalue weighted by atomic mass is 35.5. The van der Waals surface area contributed by atoms with Gasteiger partial charge >= 0.3 is 5.97 Å². The van der Waals surface area contributed by atoms with Crippen molar-refractivity contribution < 1.29 is 9.90 Å². The number of anilines is 1. The first-order chi connectivity index (χ1) is 7.11. The second-order valence-electron chi connectivity index (χ2n) is 2.71. The molecule has 80 valence electrons. The molecule has 0 saturated heterocycles. The molecule has 0 aliphatic heterocycles. The largest absolute Gasteiger partial charge is 0.478 e. The minimum Gasteiger partial charge on any atom is -0.478 e. The maximum atomic E-state index is 10.2. The van der Waals surface area contributed by atoms with Crippen LogP contribution in [0.2, 0.25) is 5.02 Å². The van der Waals surface area contributed by atoms with Crippen LogP contribution in [-0.2, 0) is 4.79 Å². The number of carbonyl (C=O) groups is 1. The summed E-state index contributed by atoms with van der Waals surface area (Å²) < 4.78 is 0. The van der Waals surface area contributed by atoms with E-state index in [1.54, 1.807) is 24.3 Å². The van der Waals surface area contributed by atoms with Crippen LogP contribution in [0.1, 0.15) is 0 Å². The molecule has 0 atom stereocenters. The predicted molar refractivity (Wildman–Crippen MR) is 63.4 cm³/mol. The van der Waals surface area contributed by atoms with E-state index >= 15 is 0 Å². The van der Waals surface area contributed by atoms with Crippen LogP contribution in [0.5, 0.6) is 0 Å². The van der Waals surface area contributed by atoms with E-state index in [1.165, 1.54) is 11.8 Å². The van der Waals surface area contributed by atoms with E-state index in [0.717, 1.165) is 11.0 Å². The highest BCUT2D eigenvalue weighted by Crippen LogP contribution is 2.32. The molecule has 1 aromatic carbocycles. The zero-order chi connectivity index (χ0) is 11.3. The first-order valence-corrected chi connectivity index (χ1v) is 5.54. The second kappa shape index (κ2) is 5.68. The van der Waals surface area contributed by atoms with Gasteiger partial charge in [-0.15, -0.1) is 11.8 Å². The minimum atomic E-state index is -0.956. The average molecular weight is 244 g/mol. The van der Waals surface area contributed by atoms with Crippen molar-refractivity contribution in [3.05, 3.63) is 35.4 Å². The van der Waals surface area contributed by atoms with Crippen molar-refractivity contribution >= 4 is 35.0 Å². The van der Waals surface area contributed by atoms with E-state index in [1.807, 2.05) is 0 Å². The van der Waals surface area contributed by atoms with Gasteiger partial charge in [-0.1, -0.05) is 23.7 Å². The number of hydrogen-bond acceptors (Lipinski definition) is 3. The van der Waals surface area contributed by atoms with Crippen LogP contribution in [0.25, 0.3) is 0 Å². The molecule has 15 heavy (non-hydrogen) atoms. The summed E-state index contributed by atoms with van der Waals surface area (Å²) in [6, 6.07) is 5.28. The van der Waals surface area contributed by atoms with Crippen molar-refractivity contribution in [3.8, 4) is 0 Å². The molecule has 3 N–H and O–H groups in total. The summed E-state index contributed by atoms with van der Waals surface area (Å²) >= 11 is 7.34. The molecule has 0 amide bonds. The Balaban J connectivity index is 2.61. The molecule has 0 unspecified atom stereocenters. The van der Waals surface area contributed by atoms with Crippen LogP contribution in [0, 0.1) is 0 Å². The van der Waals surface area contributed by atoms with Gasteiger partial charge in [0.25, 0.3) is 0 Å². The van der Waals surface area contributed by atoms with Gasteiger partial charge in [-0.05, 0) is 12.1 Å². The number of thioether (sulfide) groups is 1. The fourth-order valence-corrected chi connectivity index (χ4v) is 2.10. The Hall–Kier alpha value is -1.13. The average Bonchev–Trinajstić information content (AvgIpc) is 2.15. The Morgan fingerprint density at radius 2 is 2.33 bits per heavy atom. The summed E-state index contributed by atoms with van der Waals surface area (Å²) in [4.78, 5) is 11.0. The molecular formula is C10H10ClNO2S. The maximum Gasteiger partial charge on any atom is 0.328 e. The molecule has 3 nitrogen and oxygen atoms in total. The van der Waals surface area contributed by atoms with E-state index in [0.29, 0.717) is 16.5 Å². The third kappa shape index (κ3) is 3.85. The van der Waals surface area contributed by atoms with Gasteiger partial charge in [0.05, 0.1) is 5.02 Å². The summed E-state index contributed by atoms with van der Waals surface area (Å²) in [6.07, 6.45) is 2.65. The number of rotatable bonds is 4. The fourth-order valence-electron chi connectivity index (χ4n) is 0.958. The summed E-state index contributed by atoms with van der Waals surface area (Å²) in [5, 5.41) is 8.96. The Labute approximate surface area is 96.9 Å². The van der Waals surface area contributed by atoms with Crippen LogP contribution >= 0.6 is 23.4 Å². The van der Waals surface area contributed by atoms with E-state index < -0.39 is 5.97 Å². The van der Waals surface area contributed by atoms with Crippen molar-refractivity contribution in [2.24, 2.45) is 0 Å². The number of aliphatic carboxylic acids is 1. The number of nitrogen functional groups attached to an aromatic ring is 1. The van der Waals surface area contributed by atoms with Crippen molar-refractivity contribution in [2.75, 3.05) is 11.5 Å². The first kappa shape index (κ1) is 11.9. The number of benzene rings is 1. The number of carboxylic acid groups (broad SMARTS) is 1. The zero-order valence-corrected chi connectivity index (χ0v) is 9.39. The molecular weight excluding hydrogens is 234 g/mol. The van der Waals surface area contributed by atoms with Gasteiger partial charge in [0.15, 0.2) is 0 Å². The SMILES string of the molecule is Nc1cccc(Cl)c1SCC=CC(=O)O. The minimum absolute atomic E-state index is 0.528. The quantitative estimate of drug-likeness (QED) is 0.485. The van der Waals surface area contributed by atoms with Gasteiger partial charge in [-0.25, -0.2) is 4.79 Å². The summed E-state index contributed by atoms with van der Waals surface area (Å²) in [5.74, 6) is -0.428. The van der Waals surface area contributed by atoms with Gasteiger partial charge in [0.1, 0.15) is 0 Å². The topological polar surface area (TPSA) is 63.3 Å². The second-order valence-corrected chi connectivity index (χ2v) is 4.15. The highest BCUT2D eigenvalue weighted by Gasteiger charge is 2.03. The Morgan fingerprint density at radius 1 is 1.60 bits per heavy atom. The van der Waals surface area contributed by atoms with Crippen molar-refractivity contribution in [3.63, 3.8) is 0 Å². The van der Waals surface area contributed by atoms with Crippen molar-refractivity contribution in [1.82, 2.24) is 0 Å². The molecule has 0 spiro atoms. The van der Waals surface area contributed by atoms with Crippen molar-refractivity contribution in [2.45, 2.75) is 4.90 Å². The number of carboxylic acids is 1. The molecule has 5 heteroatoms. The third-order valence-electron chi connectivity index (χ3n) is 1.58. The Kier molecular flexibility index (Phi) is 4.52. The number of nitrogens with two attached hydrogens (primary N) is 1. The smallest absolute Gasteiger partial charge is 0.328 e. The predicted octanol–water partition coefficient (Wildman–Crippen LogP) is 2.66. The normalized spacial score (nSPS) is 10.7. The van der Waals surface area contributed by atoms with Crippen molar-refractivity contribution in [1.29, 1.82) is 0 Å². The lowest BCUT2D eigenvalue weighted by atomic mass is 10.3. The molecule has 1 rings (SSSR count). The molecule has 0 bridgehead atoms. The molecule has 0 radical (unpaired) electrons. The van der Waals surface area contributed by atoms with Gasteiger partial charge in [0, 0.05) is 22.4 Å². The van der Waals surface area contributed by atoms with Crippen LogP contribution < -0.4 is 5.73 Å². The van der Waals surface area contributed by atoms with E-state index in [9.17, 15) is 4.79 Å². The van der Waals surface area contributed by atoms with Crippen LogP contribution in [-0.4, -0.2) is 16.8 Å². The monoisotopic (exact) mass is 243 g/mol. The third-order valence-corrected chi connectivity index (χ3v) is 3.11. The first-order valence-electron chi connectivity index (χ1n) is 4.17. The van der Waals surface area contributed by atoms with Crippen LogP contribution in [0.15, 0.2) is 35.2 Å². The standard InChI is InChI=1S/C10H10ClNO2S/c11-7-3-1-4-8(12)10(7)15-6-2-5-9(13)14/h1-5H,6,12H2,(H,13,14). The van der Waals surface area contributed by atoms with E-state index in [-0.39, 0.29) is 0 Å². The Bertz CT molecular complexity index is 373.